The molecule has 0 spiro atoms. The molecule has 98 valence electrons. The summed E-state index contributed by atoms with van der Waals surface area (Å²) in [6.45, 7) is 6.11. The number of thiocarbonyl (C=S) groups is 1. The zero-order valence-electron chi connectivity index (χ0n) is 11.2. The van der Waals surface area contributed by atoms with Crippen molar-refractivity contribution in [3.8, 4) is 0 Å². The lowest BCUT2D eigenvalue weighted by atomic mass is 9.75. The highest BCUT2D eigenvalue weighted by atomic mass is 32.1. The van der Waals surface area contributed by atoms with Crippen LogP contribution < -0.4 is 11.1 Å². The molecule has 0 aromatic carbocycles. The lowest BCUT2D eigenvalue weighted by molar-refractivity contribution is 0.268. The van der Waals surface area contributed by atoms with Crippen LogP contribution in [-0.4, -0.2) is 20.7 Å². The van der Waals surface area contributed by atoms with Gasteiger partial charge in [-0.25, -0.2) is 0 Å². The molecule has 1 heterocycles. The molecule has 0 atom stereocenters. The second-order valence-corrected chi connectivity index (χ2v) is 5.55. The zero-order valence-corrected chi connectivity index (χ0v) is 12.0. The van der Waals surface area contributed by atoms with Crippen LogP contribution in [0.25, 0.3) is 0 Å². The van der Waals surface area contributed by atoms with E-state index in [1.165, 1.54) is 19.3 Å². The fourth-order valence-corrected chi connectivity index (χ4v) is 2.67. The van der Waals surface area contributed by atoms with E-state index < -0.39 is 0 Å². The Kier molecular flexibility index (Phi) is 3.52. The fourth-order valence-electron chi connectivity index (χ4n) is 2.42. The second kappa shape index (κ2) is 4.80. The molecule has 18 heavy (non-hydrogen) atoms. The maximum Gasteiger partial charge on any atom is 0.159 e. The SMILES string of the molecule is CCC1(Nc2nnc(C)c(C)c2C(N)=S)CCC1. The number of hydrogen-bond acceptors (Lipinski definition) is 4. The van der Waals surface area contributed by atoms with Crippen LogP contribution in [0.5, 0.6) is 0 Å². The van der Waals surface area contributed by atoms with E-state index in [0.29, 0.717) is 4.99 Å². The Morgan fingerprint density at radius 3 is 2.50 bits per heavy atom. The van der Waals surface area contributed by atoms with Gasteiger partial charge in [-0.2, -0.15) is 5.10 Å². The summed E-state index contributed by atoms with van der Waals surface area (Å²) in [6, 6.07) is 0. The summed E-state index contributed by atoms with van der Waals surface area (Å²) >= 11 is 5.15. The third-order valence-corrected chi connectivity index (χ3v) is 4.28. The van der Waals surface area contributed by atoms with Gasteiger partial charge in [0.25, 0.3) is 0 Å². The summed E-state index contributed by atoms with van der Waals surface area (Å²) in [5, 5.41) is 11.9. The Balaban J connectivity index is 2.38. The van der Waals surface area contributed by atoms with E-state index in [-0.39, 0.29) is 5.54 Å². The van der Waals surface area contributed by atoms with Crippen molar-refractivity contribution in [1.29, 1.82) is 0 Å². The third kappa shape index (κ3) is 2.19. The van der Waals surface area contributed by atoms with Gasteiger partial charge in [-0.15, -0.1) is 5.10 Å². The second-order valence-electron chi connectivity index (χ2n) is 5.11. The first-order valence-electron chi connectivity index (χ1n) is 6.41. The van der Waals surface area contributed by atoms with Gasteiger partial charge in [-0.3, -0.25) is 0 Å². The number of aryl methyl sites for hydroxylation is 1. The van der Waals surface area contributed by atoms with Gasteiger partial charge in [-0.1, -0.05) is 19.1 Å². The number of nitrogens with zero attached hydrogens (tertiary/aromatic N) is 2. The van der Waals surface area contributed by atoms with Crippen LogP contribution in [0.4, 0.5) is 5.82 Å². The molecule has 0 saturated heterocycles. The van der Waals surface area contributed by atoms with Gasteiger partial charge in [0.2, 0.25) is 0 Å². The maximum absolute atomic E-state index is 5.83. The first kappa shape index (κ1) is 13.2. The highest BCUT2D eigenvalue weighted by Crippen LogP contribution is 2.38. The van der Waals surface area contributed by atoms with Crippen LogP contribution in [0, 0.1) is 13.8 Å². The predicted molar refractivity (Wildman–Crippen MR) is 77.9 cm³/mol. The molecule has 1 aromatic heterocycles. The maximum atomic E-state index is 5.83. The molecule has 1 fully saturated rings. The average molecular weight is 264 g/mol. The number of nitrogens with two attached hydrogens (primary N) is 1. The number of aromatic nitrogens is 2. The van der Waals surface area contributed by atoms with Crippen LogP contribution in [0.15, 0.2) is 0 Å². The number of rotatable bonds is 4. The minimum Gasteiger partial charge on any atom is -0.389 e. The molecular weight excluding hydrogens is 244 g/mol. The molecule has 0 radical (unpaired) electrons. The minimum atomic E-state index is 0.163. The topological polar surface area (TPSA) is 63.8 Å². The van der Waals surface area contributed by atoms with Crippen LogP contribution in [0.3, 0.4) is 0 Å². The molecule has 5 heteroatoms. The van der Waals surface area contributed by atoms with E-state index in [1.54, 1.807) is 0 Å². The molecule has 2 rings (SSSR count). The van der Waals surface area contributed by atoms with Crippen molar-refractivity contribution < 1.29 is 0 Å². The van der Waals surface area contributed by atoms with E-state index >= 15 is 0 Å². The van der Waals surface area contributed by atoms with Crippen molar-refractivity contribution in [2.75, 3.05) is 5.32 Å². The first-order valence-corrected chi connectivity index (χ1v) is 6.82. The summed E-state index contributed by atoms with van der Waals surface area (Å²) < 4.78 is 0. The Morgan fingerprint density at radius 1 is 1.39 bits per heavy atom. The fraction of sp³-hybridized carbons (Fsp3) is 0.615. The monoisotopic (exact) mass is 264 g/mol. The highest BCUT2D eigenvalue weighted by Gasteiger charge is 2.36. The lowest BCUT2D eigenvalue weighted by Crippen LogP contribution is -2.45. The summed E-state index contributed by atoms with van der Waals surface area (Å²) in [6.07, 6.45) is 4.70. The predicted octanol–water partition coefficient (Wildman–Crippen LogP) is 2.47. The molecule has 1 aromatic rings. The summed E-state index contributed by atoms with van der Waals surface area (Å²) in [5.41, 5.74) is 8.73. The molecule has 4 nitrogen and oxygen atoms in total. The van der Waals surface area contributed by atoms with Crippen molar-refractivity contribution in [2.24, 2.45) is 5.73 Å². The van der Waals surface area contributed by atoms with E-state index in [0.717, 1.165) is 29.1 Å². The van der Waals surface area contributed by atoms with E-state index in [4.69, 9.17) is 18.0 Å². The average Bonchev–Trinajstić information content (AvgIpc) is 2.27. The minimum absolute atomic E-state index is 0.163. The summed E-state index contributed by atoms with van der Waals surface area (Å²) in [5.74, 6) is 0.743. The van der Waals surface area contributed by atoms with Crippen molar-refractivity contribution in [3.05, 3.63) is 16.8 Å². The van der Waals surface area contributed by atoms with Gasteiger partial charge in [-0.05, 0) is 45.1 Å². The molecule has 1 saturated carbocycles. The van der Waals surface area contributed by atoms with E-state index in [1.807, 2.05) is 13.8 Å². The summed E-state index contributed by atoms with van der Waals surface area (Å²) in [7, 11) is 0. The van der Waals surface area contributed by atoms with E-state index in [9.17, 15) is 0 Å². The molecular formula is C13H20N4S. The number of anilines is 1. The number of nitrogens with one attached hydrogen (secondary N) is 1. The van der Waals surface area contributed by atoms with E-state index in [2.05, 4.69) is 22.4 Å². The van der Waals surface area contributed by atoms with Crippen molar-refractivity contribution in [1.82, 2.24) is 10.2 Å². The van der Waals surface area contributed by atoms with Crippen LogP contribution >= 0.6 is 12.2 Å². The molecule has 0 bridgehead atoms. The van der Waals surface area contributed by atoms with Gasteiger partial charge in [0, 0.05) is 5.54 Å². The lowest BCUT2D eigenvalue weighted by Gasteiger charge is -2.42. The highest BCUT2D eigenvalue weighted by molar-refractivity contribution is 7.80. The standard InChI is InChI=1S/C13H20N4S/c1-4-13(6-5-7-13)15-12-10(11(14)18)8(2)9(3)16-17-12/h4-7H2,1-3H3,(H2,14,18)(H,15,17). The van der Waals surface area contributed by atoms with Gasteiger partial charge >= 0.3 is 0 Å². The van der Waals surface area contributed by atoms with Gasteiger partial charge in [0.05, 0.1) is 11.3 Å². The van der Waals surface area contributed by atoms with Crippen LogP contribution in [0.2, 0.25) is 0 Å². The molecule has 0 unspecified atom stereocenters. The van der Waals surface area contributed by atoms with Gasteiger partial charge < -0.3 is 11.1 Å². The first-order chi connectivity index (χ1) is 8.49. The zero-order chi connectivity index (χ0) is 13.3. The van der Waals surface area contributed by atoms with Crippen molar-refractivity contribution in [3.63, 3.8) is 0 Å². The number of hydrogen-bond donors (Lipinski definition) is 2. The third-order valence-electron chi connectivity index (χ3n) is 4.07. The van der Waals surface area contributed by atoms with Gasteiger partial charge in [0.1, 0.15) is 4.99 Å². The molecule has 1 aliphatic rings. The molecule has 0 aliphatic heterocycles. The smallest absolute Gasteiger partial charge is 0.159 e. The quantitative estimate of drug-likeness (QED) is 0.818. The Labute approximate surface area is 113 Å². The van der Waals surface area contributed by atoms with Crippen molar-refractivity contribution >= 4 is 23.0 Å². The largest absolute Gasteiger partial charge is 0.389 e. The van der Waals surface area contributed by atoms with Crippen molar-refractivity contribution in [2.45, 2.75) is 52.0 Å². The van der Waals surface area contributed by atoms with Crippen LogP contribution in [0.1, 0.15) is 49.4 Å². The molecule has 3 N–H and O–H groups in total. The van der Waals surface area contributed by atoms with Gasteiger partial charge in [0.15, 0.2) is 5.82 Å². The normalized spacial score (nSPS) is 17.1. The molecule has 1 aliphatic carbocycles. The Bertz CT molecular complexity index is 475. The Morgan fingerprint density at radius 2 is 2.06 bits per heavy atom. The molecule has 0 amide bonds. The summed E-state index contributed by atoms with van der Waals surface area (Å²) in [4.78, 5) is 0.388. The van der Waals surface area contributed by atoms with Crippen LogP contribution in [-0.2, 0) is 0 Å². The Hall–Kier alpha value is -1.23.